The second kappa shape index (κ2) is 34.6. The van der Waals surface area contributed by atoms with Crippen molar-refractivity contribution < 1.29 is 64.8 Å². The molecule has 2 atom stereocenters. The number of morpholine rings is 2. The molecule has 2 saturated heterocycles. The van der Waals surface area contributed by atoms with Crippen molar-refractivity contribution in [2.45, 2.75) is 139 Å². The number of nitrogens with one attached hydrogen (secondary N) is 2. The lowest BCUT2D eigenvalue weighted by Gasteiger charge is -2.41. The Morgan fingerprint density at radius 1 is 0.640 bits per heavy atom. The topological polar surface area (TPSA) is 290 Å². The maximum absolute atomic E-state index is 13.3. The van der Waals surface area contributed by atoms with E-state index in [1.54, 1.807) is 12.1 Å². The number of rotatable bonds is 22. The second-order valence-corrected chi connectivity index (χ2v) is 26.7. The third kappa shape index (κ3) is 21.2. The molecule has 480 valence electrons. The molecule has 2 heterocycles. The van der Waals surface area contributed by atoms with Crippen LogP contribution in [0.3, 0.4) is 0 Å². The van der Waals surface area contributed by atoms with E-state index in [9.17, 15) is 56.2 Å². The number of ether oxygens (including phenoxy) is 4. The lowest BCUT2D eigenvalue weighted by molar-refractivity contribution is -0.385. The van der Waals surface area contributed by atoms with Crippen molar-refractivity contribution in [1.82, 2.24) is 19.2 Å². The summed E-state index contributed by atoms with van der Waals surface area (Å²) < 4.78 is 77.5. The molecule has 4 aliphatic rings. The zero-order valence-electron chi connectivity index (χ0n) is 50.6. The smallest absolute Gasteiger partial charge is 0.293 e. The van der Waals surface area contributed by atoms with Crippen LogP contribution in [0, 0.1) is 68.1 Å². The van der Waals surface area contributed by atoms with Gasteiger partial charge >= 0.3 is 0 Å². The van der Waals surface area contributed by atoms with Gasteiger partial charge in [-0.3, -0.25) is 39.4 Å². The van der Waals surface area contributed by atoms with Gasteiger partial charge in [0.2, 0.25) is 31.9 Å². The number of hydrogen-bond donors (Lipinski definition) is 2. The maximum atomic E-state index is 13.3. The van der Waals surface area contributed by atoms with Gasteiger partial charge in [0.1, 0.15) is 10.6 Å². The predicted molar refractivity (Wildman–Crippen MR) is 333 cm³/mol. The van der Waals surface area contributed by atoms with E-state index in [0.29, 0.717) is 135 Å². The normalized spacial score (nSPS) is 20.2. The first-order chi connectivity index (χ1) is 42.5. The van der Waals surface area contributed by atoms with Gasteiger partial charge in [-0.05, 0) is 149 Å². The summed E-state index contributed by atoms with van der Waals surface area (Å²) in [6.45, 7) is 13.3. The van der Waals surface area contributed by atoms with Crippen molar-refractivity contribution in [3.8, 4) is 24.2 Å². The summed E-state index contributed by atoms with van der Waals surface area (Å²) in [5, 5.41) is 22.8. The Balaban J connectivity index is 0.000000242. The fourth-order valence-corrected chi connectivity index (χ4v) is 13.9. The van der Waals surface area contributed by atoms with Crippen LogP contribution in [0.2, 0.25) is 5.02 Å². The van der Waals surface area contributed by atoms with Crippen LogP contribution in [0.1, 0.15) is 120 Å². The molecule has 0 radical (unpaired) electrons. The van der Waals surface area contributed by atoms with E-state index in [0.717, 1.165) is 42.5 Å². The number of terminal acetylenes is 1. The van der Waals surface area contributed by atoms with Gasteiger partial charge in [-0.15, -0.1) is 6.42 Å². The minimum Gasteiger partial charge on any atom is -0.468 e. The molecule has 2 aliphatic heterocycles. The fourth-order valence-electron chi connectivity index (χ4n) is 11.1. The molecule has 89 heavy (non-hydrogen) atoms. The highest BCUT2D eigenvalue weighted by molar-refractivity contribution is 7.89. The first-order valence-electron chi connectivity index (χ1n) is 29.9. The number of amides is 2. The van der Waals surface area contributed by atoms with Crippen LogP contribution in [-0.2, 0) is 71.0 Å². The molecule has 2 amide bonds. The number of aryl methyl sites for hydroxylation is 2. The number of benzene rings is 4. The molecule has 25 heteroatoms. The summed E-state index contributed by atoms with van der Waals surface area (Å²) >= 11 is 5.77. The molecule has 8 rings (SSSR count). The van der Waals surface area contributed by atoms with Crippen LogP contribution < -0.4 is 9.44 Å². The molecular formula is C64H79ClN6O16S2. The predicted octanol–water partition coefficient (Wildman–Crippen LogP) is 8.56. The van der Waals surface area contributed by atoms with E-state index in [1.807, 2.05) is 46.2 Å². The number of carbonyl (C=O) groups is 4. The van der Waals surface area contributed by atoms with Crippen LogP contribution in [0.15, 0.2) is 94.7 Å². The number of nitrogens with zero attached hydrogens (tertiary/aromatic N) is 4. The van der Waals surface area contributed by atoms with Gasteiger partial charge in [0.25, 0.3) is 24.3 Å². The number of halogens is 1. The zero-order valence-corrected chi connectivity index (χ0v) is 53.0. The second-order valence-electron chi connectivity index (χ2n) is 22.9. The molecule has 0 unspecified atom stereocenters. The largest absolute Gasteiger partial charge is 0.468 e. The van der Waals surface area contributed by atoms with Crippen molar-refractivity contribution in [2.24, 2.45) is 23.7 Å². The van der Waals surface area contributed by atoms with Crippen LogP contribution in [0.25, 0.3) is 0 Å². The van der Waals surface area contributed by atoms with Crippen LogP contribution in [-0.4, -0.2) is 138 Å². The van der Waals surface area contributed by atoms with Crippen molar-refractivity contribution in [2.75, 3.05) is 52.7 Å². The Hall–Kier alpha value is -7.29. The van der Waals surface area contributed by atoms with Crippen molar-refractivity contribution >= 4 is 67.8 Å². The monoisotopic (exact) mass is 1290 g/mol. The minimum absolute atomic E-state index is 0.0444. The molecule has 2 saturated carbocycles. The highest BCUT2D eigenvalue weighted by Crippen LogP contribution is 2.33. The molecular weight excluding hydrogens is 1210 g/mol. The van der Waals surface area contributed by atoms with Gasteiger partial charge in [-0.25, -0.2) is 26.3 Å². The quantitative estimate of drug-likeness (QED) is 0.0245. The number of sulfonamides is 2. The average molecular weight is 1290 g/mol. The molecule has 22 nitrogen and oxygen atoms in total. The average Bonchev–Trinajstić information content (AvgIpc) is 2.42. The molecule has 0 bridgehead atoms. The third-order valence-electron chi connectivity index (χ3n) is 16.1. The van der Waals surface area contributed by atoms with Gasteiger partial charge in [0, 0.05) is 60.3 Å². The van der Waals surface area contributed by atoms with Crippen molar-refractivity contribution in [1.29, 1.82) is 0 Å². The van der Waals surface area contributed by atoms with E-state index in [1.165, 1.54) is 29.8 Å². The van der Waals surface area contributed by atoms with Crippen LogP contribution >= 0.6 is 11.6 Å². The Morgan fingerprint density at radius 2 is 1.06 bits per heavy atom. The highest BCUT2D eigenvalue weighted by atomic mass is 35.5. The van der Waals surface area contributed by atoms with Gasteiger partial charge in [-0.1, -0.05) is 81.3 Å². The Labute approximate surface area is 526 Å². The number of carbonyl (C=O) groups excluding carboxylic acids is 4. The first-order valence-corrected chi connectivity index (χ1v) is 33.2. The Bertz CT molecular complexity index is 3390. The number of nitro groups is 2. The molecule has 2 N–H and O–H groups in total. The van der Waals surface area contributed by atoms with Gasteiger partial charge in [-0.2, -0.15) is 0 Å². The Morgan fingerprint density at radius 3 is 1.46 bits per heavy atom. The maximum Gasteiger partial charge on any atom is 0.293 e. The Kier molecular flexibility index (Phi) is 27.5. The summed E-state index contributed by atoms with van der Waals surface area (Å²) in [7, 11) is -7.97. The molecule has 4 aromatic carbocycles. The summed E-state index contributed by atoms with van der Waals surface area (Å²) in [5.74, 6) is 8.78. The standard InChI is InChI=1S/C32H39N3O8S.C20H28ClN3O6S.C12H12O2/c1-23(2)31-21-42-19-17-34(31)32(37)27-11-14-28(15-12-27)33-44(40,41)29-16-13-26(30(20-29)35(38)39)10-9-25-7-5-24(6-8-25)4-3-18-43-22-36;1-13(2)19-12-30-10-9-23(19)20(25)14-3-5-15(6-4-14)22-31(28,29)16-7-8-17(21)18(11-16)24(26)27;1-2-11-5-7-12(8-6-11)4-3-9-14-10-13/h5-8,13,16,20,22-23,27-28,31,33H,3-4,11-12,14-15,17-19,21H2,1-2H3;7-8,11,13-15,19,22H,3-6,9-10,12H2,1-2H3;1,5-8,10H,3-4,9H2/t27?,28?,31-;14?,15?,19-;/m11./s1. The summed E-state index contributed by atoms with van der Waals surface area (Å²) in [6.07, 6.45) is 12.8. The number of nitro benzene ring substituents is 2. The van der Waals surface area contributed by atoms with Crippen molar-refractivity contribution in [3.05, 3.63) is 138 Å². The van der Waals surface area contributed by atoms with E-state index in [4.69, 9.17) is 27.5 Å². The van der Waals surface area contributed by atoms with Crippen LogP contribution in [0.5, 0.6) is 0 Å². The zero-order chi connectivity index (χ0) is 64.7. The van der Waals surface area contributed by atoms with Gasteiger partial charge < -0.3 is 28.7 Å². The summed E-state index contributed by atoms with van der Waals surface area (Å²) in [5.41, 5.74) is 3.03. The molecule has 0 aromatic heterocycles. The van der Waals surface area contributed by atoms with Gasteiger partial charge in [0.15, 0.2) is 0 Å². The lowest BCUT2D eigenvalue weighted by atomic mass is 9.85. The first kappa shape index (κ1) is 70.8. The van der Waals surface area contributed by atoms with Crippen LogP contribution in [0.4, 0.5) is 11.4 Å². The molecule has 4 fully saturated rings. The van der Waals surface area contributed by atoms with E-state index >= 15 is 0 Å². The highest BCUT2D eigenvalue weighted by Gasteiger charge is 2.38. The molecule has 2 aliphatic carbocycles. The van der Waals surface area contributed by atoms with E-state index < -0.39 is 41.3 Å². The van der Waals surface area contributed by atoms with Gasteiger partial charge in [0.05, 0.1) is 71.4 Å². The number of hydrogen-bond acceptors (Lipinski definition) is 16. The van der Waals surface area contributed by atoms with Crippen molar-refractivity contribution in [3.63, 3.8) is 0 Å². The SMILES string of the molecule is C#Cc1ccc(CCCOC=O)cc1.CC(C)[C@H]1COCCN1C(=O)C1CCC(NS(=O)(=O)c2ccc(C#Cc3ccc(CCCOC=O)cc3)c([N+](=O)[O-])c2)CC1.CC(C)[C@H]1COCCN1C(=O)C1CCC(NS(=O)(=O)c2ccc(Cl)c([N+](=O)[O-])c2)CC1. The van der Waals surface area contributed by atoms with E-state index in [2.05, 4.69) is 64.4 Å². The molecule has 0 spiro atoms. The lowest BCUT2D eigenvalue weighted by Crippen LogP contribution is -2.53. The summed E-state index contributed by atoms with van der Waals surface area (Å²) in [6, 6.07) is 21.7. The molecule has 4 aromatic rings. The minimum atomic E-state index is -4.04. The fraction of sp³-hybridized carbons (Fsp3) is 0.500. The third-order valence-corrected chi connectivity index (χ3v) is 19.5. The summed E-state index contributed by atoms with van der Waals surface area (Å²) in [4.78, 5) is 71.4. The van der Waals surface area contributed by atoms with E-state index in [-0.39, 0.29) is 74.1 Å².